The van der Waals surface area contributed by atoms with Gasteiger partial charge in [-0.3, -0.25) is 9.89 Å². The number of alkyl halides is 3. The number of allylic oxidation sites excluding steroid dienone is 1. The number of hydrogen-bond donors (Lipinski definition) is 1. The van der Waals surface area contributed by atoms with Crippen LogP contribution in [0.4, 0.5) is 13.2 Å². The minimum absolute atomic E-state index is 0.277. The lowest BCUT2D eigenvalue weighted by molar-refractivity contribution is -0.142. The van der Waals surface area contributed by atoms with Gasteiger partial charge in [0, 0.05) is 12.0 Å². The van der Waals surface area contributed by atoms with E-state index in [-0.39, 0.29) is 11.6 Å². The standard InChI is InChI=1S/C11H15F3N2O/c1-5-7(4)8-9(11(12,13)14)15-16(6(2)3)10(8)17/h5-7,15H,1H2,2-4H3. The van der Waals surface area contributed by atoms with Gasteiger partial charge in [0.1, 0.15) is 5.69 Å². The molecule has 0 saturated carbocycles. The molecule has 17 heavy (non-hydrogen) atoms. The second kappa shape index (κ2) is 4.43. The van der Waals surface area contributed by atoms with E-state index in [0.717, 1.165) is 4.68 Å². The molecule has 1 atom stereocenters. The molecular weight excluding hydrogens is 233 g/mol. The van der Waals surface area contributed by atoms with E-state index in [2.05, 4.69) is 11.7 Å². The van der Waals surface area contributed by atoms with Gasteiger partial charge in [-0.2, -0.15) is 13.2 Å². The topological polar surface area (TPSA) is 37.8 Å². The van der Waals surface area contributed by atoms with E-state index in [1.807, 2.05) is 0 Å². The van der Waals surface area contributed by atoms with Crippen molar-refractivity contribution in [2.45, 2.75) is 38.9 Å². The summed E-state index contributed by atoms with van der Waals surface area (Å²) in [6.45, 7) is 8.22. The van der Waals surface area contributed by atoms with Crippen molar-refractivity contribution in [3.05, 3.63) is 34.3 Å². The number of H-pyrrole nitrogens is 1. The zero-order chi connectivity index (χ0) is 13.4. The third kappa shape index (κ3) is 2.45. The molecule has 1 rings (SSSR count). The van der Waals surface area contributed by atoms with E-state index in [1.165, 1.54) is 13.0 Å². The van der Waals surface area contributed by atoms with Crippen LogP contribution in [0.2, 0.25) is 0 Å². The Labute approximate surface area is 96.9 Å². The number of nitrogens with one attached hydrogen (secondary N) is 1. The zero-order valence-electron chi connectivity index (χ0n) is 9.93. The largest absolute Gasteiger partial charge is 0.433 e. The van der Waals surface area contributed by atoms with Crippen molar-refractivity contribution >= 4 is 0 Å². The van der Waals surface area contributed by atoms with Gasteiger partial charge in [0.2, 0.25) is 0 Å². The number of aromatic amines is 1. The molecule has 0 aliphatic heterocycles. The van der Waals surface area contributed by atoms with Gasteiger partial charge in [0.15, 0.2) is 0 Å². The molecule has 3 nitrogen and oxygen atoms in total. The van der Waals surface area contributed by atoms with E-state index >= 15 is 0 Å². The summed E-state index contributed by atoms with van der Waals surface area (Å²) in [6, 6.07) is -0.352. The maximum atomic E-state index is 12.8. The van der Waals surface area contributed by atoms with E-state index in [0.29, 0.717) is 0 Å². The van der Waals surface area contributed by atoms with Crippen molar-refractivity contribution < 1.29 is 13.2 Å². The highest BCUT2D eigenvalue weighted by atomic mass is 19.4. The quantitative estimate of drug-likeness (QED) is 0.820. The average molecular weight is 248 g/mol. The summed E-state index contributed by atoms with van der Waals surface area (Å²) in [4.78, 5) is 11.9. The first-order valence-corrected chi connectivity index (χ1v) is 5.24. The van der Waals surface area contributed by atoms with E-state index in [4.69, 9.17) is 0 Å². The highest BCUT2D eigenvalue weighted by Crippen LogP contribution is 2.32. The molecule has 1 N–H and O–H groups in total. The predicted octanol–water partition coefficient (Wildman–Crippen LogP) is 3.07. The molecule has 6 heteroatoms. The van der Waals surface area contributed by atoms with Gasteiger partial charge in [-0.15, -0.1) is 6.58 Å². The van der Waals surface area contributed by atoms with Gasteiger partial charge in [0.25, 0.3) is 5.56 Å². The van der Waals surface area contributed by atoms with Gasteiger partial charge < -0.3 is 0 Å². The Morgan fingerprint density at radius 2 is 1.88 bits per heavy atom. The normalized spacial score (nSPS) is 14.1. The second-order valence-electron chi connectivity index (χ2n) is 4.19. The molecular formula is C11H15F3N2O. The van der Waals surface area contributed by atoms with Crippen LogP contribution in [0.1, 0.15) is 44.0 Å². The van der Waals surface area contributed by atoms with Gasteiger partial charge in [-0.1, -0.05) is 13.0 Å². The summed E-state index contributed by atoms with van der Waals surface area (Å²) < 4.78 is 39.3. The lowest BCUT2D eigenvalue weighted by Crippen LogP contribution is -2.21. The predicted molar refractivity (Wildman–Crippen MR) is 59.1 cm³/mol. The van der Waals surface area contributed by atoms with Gasteiger partial charge in [0.05, 0.1) is 5.56 Å². The Bertz CT molecular complexity index is 468. The molecule has 0 bridgehead atoms. The first kappa shape index (κ1) is 13.6. The number of rotatable bonds is 3. The van der Waals surface area contributed by atoms with Crippen LogP contribution in [0.25, 0.3) is 0 Å². The minimum atomic E-state index is -4.56. The molecule has 0 aliphatic carbocycles. The number of aromatic nitrogens is 2. The SMILES string of the molecule is C=CC(C)c1c(C(F)(F)F)[nH]n(C(C)C)c1=O. The van der Waals surface area contributed by atoms with Crippen molar-refractivity contribution in [3.8, 4) is 0 Å². The van der Waals surface area contributed by atoms with Crippen molar-refractivity contribution in [1.29, 1.82) is 0 Å². The van der Waals surface area contributed by atoms with Crippen molar-refractivity contribution in [2.75, 3.05) is 0 Å². The van der Waals surface area contributed by atoms with Crippen molar-refractivity contribution in [2.24, 2.45) is 0 Å². The molecule has 0 aliphatic rings. The van der Waals surface area contributed by atoms with Crippen LogP contribution in [0.15, 0.2) is 17.4 Å². The lowest BCUT2D eigenvalue weighted by Gasteiger charge is -2.08. The van der Waals surface area contributed by atoms with Crippen molar-refractivity contribution in [3.63, 3.8) is 0 Å². The lowest BCUT2D eigenvalue weighted by atomic mass is 10.0. The van der Waals surface area contributed by atoms with Gasteiger partial charge >= 0.3 is 6.18 Å². The maximum absolute atomic E-state index is 12.8. The fourth-order valence-electron chi connectivity index (χ4n) is 1.59. The van der Waals surface area contributed by atoms with Crippen LogP contribution in [-0.2, 0) is 6.18 Å². The summed E-state index contributed by atoms with van der Waals surface area (Å²) >= 11 is 0. The highest BCUT2D eigenvalue weighted by molar-refractivity contribution is 5.27. The van der Waals surface area contributed by atoms with Gasteiger partial charge in [-0.05, 0) is 13.8 Å². The van der Waals surface area contributed by atoms with Crippen LogP contribution in [0.3, 0.4) is 0 Å². The molecule has 0 fully saturated rings. The number of halogens is 3. The molecule has 1 aromatic rings. The fourth-order valence-corrected chi connectivity index (χ4v) is 1.59. The third-order valence-corrected chi connectivity index (χ3v) is 2.56. The van der Waals surface area contributed by atoms with Crippen LogP contribution in [0.5, 0.6) is 0 Å². The molecule has 0 aromatic carbocycles. The molecule has 0 spiro atoms. The Kier molecular flexibility index (Phi) is 3.54. The first-order valence-electron chi connectivity index (χ1n) is 5.24. The molecule has 96 valence electrons. The average Bonchev–Trinajstić information content (AvgIpc) is 2.54. The number of hydrogen-bond acceptors (Lipinski definition) is 1. The summed E-state index contributed by atoms with van der Waals surface area (Å²) in [5.74, 6) is -0.643. The molecule has 1 unspecified atom stereocenters. The van der Waals surface area contributed by atoms with Crippen LogP contribution < -0.4 is 5.56 Å². The van der Waals surface area contributed by atoms with Crippen LogP contribution in [-0.4, -0.2) is 9.78 Å². The molecule has 0 radical (unpaired) electrons. The molecule has 0 amide bonds. The Balaban J connectivity index is 3.54. The highest BCUT2D eigenvalue weighted by Gasteiger charge is 2.39. The zero-order valence-corrected chi connectivity index (χ0v) is 9.93. The van der Waals surface area contributed by atoms with E-state index in [9.17, 15) is 18.0 Å². The molecule has 0 saturated heterocycles. The Morgan fingerprint density at radius 3 is 2.24 bits per heavy atom. The van der Waals surface area contributed by atoms with E-state index in [1.54, 1.807) is 13.8 Å². The Hall–Kier alpha value is -1.46. The van der Waals surface area contributed by atoms with Gasteiger partial charge in [-0.25, -0.2) is 4.68 Å². The summed E-state index contributed by atoms with van der Waals surface area (Å²) in [6.07, 6.45) is -3.24. The van der Waals surface area contributed by atoms with Crippen molar-refractivity contribution in [1.82, 2.24) is 9.78 Å². The summed E-state index contributed by atoms with van der Waals surface area (Å²) in [5.41, 5.74) is -1.90. The first-order chi connectivity index (χ1) is 7.70. The molecule has 1 aromatic heterocycles. The summed E-state index contributed by atoms with van der Waals surface area (Å²) in [7, 11) is 0. The Morgan fingerprint density at radius 1 is 1.35 bits per heavy atom. The third-order valence-electron chi connectivity index (χ3n) is 2.56. The smallest absolute Gasteiger partial charge is 0.291 e. The summed E-state index contributed by atoms with van der Waals surface area (Å²) in [5, 5.41) is 2.14. The second-order valence-corrected chi connectivity index (χ2v) is 4.19. The monoisotopic (exact) mass is 248 g/mol. The van der Waals surface area contributed by atoms with Crippen LogP contribution in [0, 0.1) is 0 Å². The number of nitrogens with zero attached hydrogens (tertiary/aromatic N) is 1. The van der Waals surface area contributed by atoms with E-state index < -0.39 is 23.3 Å². The van der Waals surface area contributed by atoms with Crippen LogP contribution >= 0.6 is 0 Å². The molecule has 1 heterocycles. The fraction of sp³-hybridized carbons (Fsp3) is 0.545. The minimum Gasteiger partial charge on any atom is -0.291 e. The maximum Gasteiger partial charge on any atom is 0.433 e.